The van der Waals surface area contributed by atoms with Gasteiger partial charge in [-0.3, -0.25) is 13.6 Å². The highest BCUT2D eigenvalue weighted by molar-refractivity contribution is 7.83. The Morgan fingerprint density at radius 1 is 1.22 bits per heavy atom. The first-order valence-corrected chi connectivity index (χ1v) is 10.3. The summed E-state index contributed by atoms with van der Waals surface area (Å²) in [4.78, 5) is 12.9. The number of nitrogens with zero attached hydrogens (tertiary/aromatic N) is 2. The summed E-state index contributed by atoms with van der Waals surface area (Å²) >= 11 is 0. The maximum Gasteiger partial charge on any atom is 0.257 e. The summed E-state index contributed by atoms with van der Waals surface area (Å²) in [5, 5.41) is 7.03. The molecule has 0 aliphatic rings. The highest BCUT2D eigenvalue weighted by atomic mass is 32.2. The van der Waals surface area contributed by atoms with Gasteiger partial charge in [0.25, 0.3) is 5.91 Å². The van der Waals surface area contributed by atoms with E-state index in [-0.39, 0.29) is 5.91 Å². The largest absolute Gasteiger partial charge is 0.360 e. The highest BCUT2D eigenvalue weighted by Crippen LogP contribution is 2.24. The Kier molecular flexibility index (Phi) is 5.32. The van der Waals surface area contributed by atoms with Crippen molar-refractivity contribution in [2.45, 2.75) is 33.4 Å². The maximum absolute atomic E-state index is 12.9. The second-order valence-corrected chi connectivity index (χ2v) is 8.11. The molecule has 0 fully saturated rings. The fourth-order valence-corrected chi connectivity index (χ4v) is 3.94. The lowest BCUT2D eigenvalue weighted by atomic mass is 10.1. The normalized spacial score (nSPS) is 12.2. The quantitative estimate of drug-likeness (QED) is 0.724. The summed E-state index contributed by atoms with van der Waals surface area (Å²) in [7, 11) is -0.938. The third kappa shape index (κ3) is 3.88. The molecule has 0 unspecified atom stereocenters. The average molecular weight is 385 g/mol. The molecule has 1 amide bonds. The summed E-state index contributed by atoms with van der Waals surface area (Å²) in [6.07, 6.45) is 1.67. The van der Waals surface area contributed by atoms with Crippen LogP contribution in [-0.2, 0) is 16.6 Å². The van der Waals surface area contributed by atoms with Crippen molar-refractivity contribution in [2.75, 3.05) is 11.6 Å². The van der Waals surface area contributed by atoms with Gasteiger partial charge in [-0.1, -0.05) is 17.3 Å². The van der Waals surface area contributed by atoms with E-state index in [9.17, 15) is 9.00 Å². The van der Waals surface area contributed by atoms with E-state index in [0.717, 1.165) is 28.2 Å². The number of aromatic nitrogens is 2. The Labute approximate surface area is 161 Å². The summed E-state index contributed by atoms with van der Waals surface area (Å²) in [5.41, 5.74) is 4.90. The first-order valence-electron chi connectivity index (χ1n) is 8.60. The number of anilines is 1. The van der Waals surface area contributed by atoms with Gasteiger partial charge >= 0.3 is 0 Å². The lowest BCUT2D eigenvalue weighted by molar-refractivity contribution is 0.102. The molecule has 6 nitrogen and oxygen atoms in total. The molecule has 1 atom stereocenters. The van der Waals surface area contributed by atoms with Gasteiger partial charge in [0.15, 0.2) is 5.82 Å². The second-order valence-electron chi connectivity index (χ2n) is 6.68. The van der Waals surface area contributed by atoms with Gasteiger partial charge in [0, 0.05) is 45.9 Å². The number of benzene rings is 1. The number of hydrogen-bond acceptors (Lipinski definition) is 4. The minimum atomic E-state index is -0.938. The minimum absolute atomic E-state index is 0.188. The Balaban J connectivity index is 1.91. The van der Waals surface area contributed by atoms with Crippen LogP contribution >= 0.6 is 0 Å². The van der Waals surface area contributed by atoms with Crippen molar-refractivity contribution in [1.29, 1.82) is 0 Å². The number of nitrogens with one attached hydrogen (secondary N) is 1. The topological polar surface area (TPSA) is 77.1 Å². The summed E-state index contributed by atoms with van der Waals surface area (Å²) in [6.45, 7) is 7.57. The third-order valence-corrected chi connectivity index (χ3v) is 5.29. The van der Waals surface area contributed by atoms with Crippen molar-refractivity contribution in [3.63, 3.8) is 0 Å². The summed E-state index contributed by atoms with van der Waals surface area (Å²) < 4.78 is 18.6. The van der Waals surface area contributed by atoms with Crippen molar-refractivity contribution in [3.8, 4) is 5.82 Å². The molecule has 0 aliphatic heterocycles. The van der Waals surface area contributed by atoms with Gasteiger partial charge in [-0.15, -0.1) is 0 Å². The zero-order chi connectivity index (χ0) is 19.7. The second kappa shape index (κ2) is 7.52. The SMILES string of the molecule is Cc1cc(-n2c(C)cc(C(=O)Nc3cccc(C[S@@](C)=O)c3C)c2C)no1. The fraction of sp³-hybridized carbons (Fsp3) is 0.300. The Morgan fingerprint density at radius 3 is 2.59 bits per heavy atom. The lowest BCUT2D eigenvalue weighted by Gasteiger charge is -2.12. The zero-order valence-corrected chi connectivity index (χ0v) is 16.9. The smallest absolute Gasteiger partial charge is 0.257 e. The van der Waals surface area contributed by atoms with Crippen LogP contribution < -0.4 is 5.32 Å². The third-order valence-electron chi connectivity index (χ3n) is 4.57. The van der Waals surface area contributed by atoms with E-state index in [2.05, 4.69) is 10.5 Å². The molecule has 1 N–H and O–H groups in total. The first kappa shape index (κ1) is 19.1. The van der Waals surface area contributed by atoms with Gasteiger partial charge < -0.3 is 9.84 Å². The molecular weight excluding hydrogens is 362 g/mol. The van der Waals surface area contributed by atoms with Gasteiger partial charge in [0.2, 0.25) is 0 Å². The molecular formula is C20H23N3O3S. The monoisotopic (exact) mass is 385 g/mol. The van der Waals surface area contributed by atoms with Crippen molar-refractivity contribution in [3.05, 3.63) is 64.2 Å². The lowest BCUT2D eigenvalue weighted by Crippen LogP contribution is -2.14. The van der Waals surface area contributed by atoms with Crippen molar-refractivity contribution in [2.24, 2.45) is 0 Å². The maximum atomic E-state index is 12.9. The molecule has 7 heteroatoms. The molecule has 0 saturated heterocycles. The van der Waals surface area contributed by atoms with Gasteiger partial charge in [-0.25, -0.2) is 0 Å². The highest BCUT2D eigenvalue weighted by Gasteiger charge is 2.19. The van der Waals surface area contributed by atoms with Crippen LogP contribution in [-0.4, -0.2) is 26.1 Å². The number of hydrogen-bond donors (Lipinski definition) is 1. The van der Waals surface area contributed by atoms with Crippen LogP contribution in [0.3, 0.4) is 0 Å². The molecule has 1 aromatic carbocycles. The van der Waals surface area contributed by atoms with E-state index in [1.807, 2.05) is 62.6 Å². The van der Waals surface area contributed by atoms with Gasteiger partial charge in [-0.05, 0) is 51.0 Å². The van der Waals surface area contributed by atoms with Gasteiger partial charge in [0.1, 0.15) is 5.76 Å². The van der Waals surface area contributed by atoms with Crippen LogP contribution in [0.1, 0.15) is 38.6 Å². The first-order chi connectivity index (χ1) is 12.8. The Morgan fingerprint density at radius 2 is 1.96 bits per heavy atom. The number of rotatable bonds is 5. The van der Waals surface area contributed by atoms with Crippen LogP contribution in [0.25, 0.3) is 5.82 Å². The van der Waals surface area contributed by atoms with Gasteiger partial charge in [0.05, 0.1) is 5.56 Å². The van der Waals surface area contributed by atoms with Crippen LogP contribution in [0.5, 0.6) is 0 Å². The molecule has 3 rings (SSSR count). The van der Waals surface area contributed by atoms with E-state index < -0.39 is 10.8 Å². The van der Waals surface area contributed by atoms with E-state index in [1.54, 1.807) is 6.26 Å². The van der Waals surface area contributed by atoms with Crippen LogP contribution in [0, 0.1) is 27.7 Å². The van der Waals surface area contributed by atoms with Gasteiger partial charge in [-0.2, -0.15) is 0 Å². The Bertz CT molecular complexity index is 1030. The molecule has 0 radical (unpaired) electrons. The molecule has 0 aliphatic carbocycles. The number of aryl methyl sites for hydroxylation is 2. The molecule has 2 heterocycles. The molecule has 0 bridgehead atoms. The summed E-state index contributed by atoms with van der Waals surface area (Å²) in [6, 6.07) is 9.34. The molecule has 2 aromatic heterocycles. The van der Waals surface area contributed by atoms with Crippen molar-refractivity contribution < 1.29 is 13.5 Å². The predicted octanol–water partition coefficient (Wildman–Crippen LogP) is 3.83. The van der Waals surface area contributed by atoms with E-state index in [0.29, 0.717) is 22.9 Å². The number of carbonyl (C=O) groups excluding carboxylic acids is 1. The van der Waals surface area contributed by atoms with Crippen LogP contribution in [0.4, 0.5) is 5.69 Å². The van der Waals surface area contributed by atoms with E-state index in [4.69, 9.17) is 4.52 Å². The molecule has 27 heavy (non-hydrogen) atoms. The van der Waals surface area contributed by atoms with Crippen LogP contribution in [0.15, 0.2) is 34.9 Å². The summed E-state index contributed by atoms with van der Waals surface area (Å²) in [5.74, 6) is 1.65. The fourth-order valence-electron chi connectivity index (χ4n) is 3.19. The van der Waals surface area contributed by atoms with Crippen molar-refractivity contribution >= 4 is 22.4 Å². The molecule has 142 valence electrons. The minimum Gasteiger partial charge on any atom is -0.360 e. The Hall–Kier alpha value is -2.67. The molecule has 0 saturated carbocycles. The number of amides is 1. The number of carbonyl (C=O) groups is 1. The molecule has 3 aromatic rings. The predicted molar refractivity (Wildman–Crippen MR) is 107 cm³/mol. The van der Waals surface area contributed by atoms with E-state index in [1.165, 1.54) is 0 Å². The zero-order valence-electron chi connectivity index (χ0n) is 16.1. The standard InChI is InChI=1S/C20H23N3O3S/c1-12-9-17(15(4)23(12)19-10-13(2)26-22-19)20(24)21-18-8-6-7-16(14(18)3)11-27(5)25/h6-10H,11H2,1-5H3,(H,21,24)/t27-/m1/s1. The average Bonchev–Trinajstić information content (AvgIpc) is 3.13. The van der Waals surface area contributed by atoms with Crippen LogP contribution in [0.2, 0.25) is 0 Å². The van der Waals surface area contributed by atoms with E-state index >= 15 is 0 Å². The van der Waals surface area contributed by atoms with Crippen molar-refractivity contribution in [1.82, 2.24) is 9.72 Å². The molecule has 0 spiro atoms.